The zero-order valence-electron chi connectivity index (χ0n) is 24.2. The highest BCUT2D eigenvalue weighted by atomic mass is 16.5. The minimum Gasteiger partial charge on any atom is -0.469 e. The van der Waals surface area contributed by atoms with Crippen LogP contribution in [0.15, 0.2) is 54.9 Å². The van der Waals surface area contributed by atoms with E-state index in [1.54, 1.807) is 26.4 Å². The van der Waals surface area contributed by atoms with Gasteiger partial charge >= 0.3 is 12.0 Å². The Balaban J connectivity index is 1.25. The van der Waals surface area contributed by atoms with Gasteiger partial charge in [-0.2, -0.15) is 10.1 Å². The summed E-state index contributed by atoms with van der Waals surface area (Å²) in [6, 6.07) is 14.0. The van der Waals surface area contributed by atoms with Gasteiger partial charge in [-0.15, -0.1) is 5.92 Å². The fourth-order valence-electron chi connectivity index (χ4n) is 6.56. The average molecular weight is 564 g/mol. The summed E-state index contributed by atoms with van der Waals surface area (Å²) in [5.74, 6) is 5.87. The predicted octanol–water partition coefficient (Wildman–Crippen LogP) is 4.94. The Morgan fingerprint density at radius 2 is 1.83 bits per heavy atom. The third-order valence-electron chi connectivity index (χ3n) is 8.72. The van der Waals surface area contributed by atoms with Crippen LogP contribution in [-0.2, 0) is 9.53 Å². The van der Waals surface area contributed by atoms with Gasteiger partial charge in [0.05, 0.1) is 49.2 Å². The number of nitrogens with zero attached hydrogens (tertiary/aromatic N) is 4. The Morgan fingerprint density at radius 3 is 2.52 bits per heavy atom. The number of hydrogen-bond acceptors (Lipinski definition) is 7. The van der Waals surface area contributed by atoms with Gasteiger partial charge in [-0.1, -0.05) is 30.2 Å². The van der Waals surface area contributed by atoms with Gasteiger partial charge in [0, 0.05) is 28.8 Å². The van der Waals surface area contributed by atoms with Gasteiger partial charge in [0.2, 0.25) is 0 Å². The second kappa shape index (κ2) is 10.9. The molecule has 2 aromatic carbocycles. The summed E-state index contributed by atoms with van der Waals surface area (Å²) < 4.78 is 12.0. The van der Waals surface area contributed by atoms with Crippen LogP contribution in [0, 0.1) is 23.2 Å². The van der Waals surface area contributed by atoms with Crippen LogP contribution in [0.2, 0.25) is 0 Å². The number of ether oxygens (including phenoxy) is 2. The second-order valence-corrected chi connectivity index (χ2v) is 11.3. The van der Waals surface area contributed by atoms with E-state index in [1.807, 2.05) is 47.1 Å². The Bertz CT molecular complexity index is 1720. The molecule has 2 heterocycles. The van der Waals surface area contributed by atoms with Crippen molar-refractivity contribution >= 4 is 22.8 Å². The van der Waals surface area contributed by atoms with Crippen LogP contribution in [-0.4, -0.2) is 51.9 Å². The highest BCUT2D eigenvalue weighted by Gasteiger charge is 2.55. The SMILES string of the molecule is CC#Cc1ccc(C(=O)NC2CC3(C2)CC(C(=O)OC)C3)c2c1cnn2[C@@H](C)c1ccc(-c2ccnc(OC)n2)cc1. The van der Waals surface area contributed by atoms with E-state index < -0.39 is 0 Å². The van der Waals surface area contributed by atoms with Crippen molar-refractivity contribution in [2.75, 3.05) is 14.2 Å². The fourth-order valence-corrected chi connectivity index (χ4v) is 6.56. The molecule has 2 aromatic heterocycles. The second-order valence-electron chi connectivity index (χ2n) is 11.3. The summed E-state index contributed by atoms with van der Waals surface area (Å²) in [6.45, 7) is 3.87. The van der Waals surface area contributed by atoms with E-state index in [-0.39, 0.29) is 35.3 Å². The van der Waals surface area contributed by atoms with Crippen LogP contribution in [0.4, 0.5) is 0 Å². The lowest BCUT2D eigenvalue weighted by molar-refractivity contribution is -0.159. The zero-order chi connectivity index (χ0) is 29.4. The fraction of sp³-hybridized carbons (Fsp3) is 0.364. The summed E-state index contributed by atoms with van der Waals surface area (Å²) in [7, 11) is 2.98. The van der Waals surface area contributed by atoms with Crippen LogP contribution in [0.1, 0.15) is 67.1 Å². The number of hydrogen-bond donors (Lipinski definition) is 1. The molecule has 9 heteroatoms. The molecule has 1 spiro atoms. The van der Waals surface area contributed by atoms with Gasteiger partial charge in [-0.25, -0.2) is 4.98 Å². The molecule has 9 nitrogen and oxygen atoms in total. The normalized spacial score (nSPS) is 21.4. The number of nitrogens with one attached hydrogen (secondary N) is 1. The van der Waals surface area contributed by atoms with Crippen molar-refractivity contribution in [2.24, 2.45) is 11.3 Å². The summed E-state index contributed by atoms with van der Waals surface area (Å²) in [5.41, 5.74) is 5.08. The van der Waals surface area contributed by atoms with E-state index in [2.05, 4.69) is 34.0 Å². The third-order valence-corrected chi connectivity index (χ3v) is 8.72. The van der Waals surface area contributed by atoms with Crippen molar-refractivity contribution in [2.45, 2.75) is 51.6 Å². The van der Waals surface area contributed by atoms with Gasteiger partial charge in [0.15, 0.2) is 0 Å². The highest BCUT2D eigenvalue weighted by molar-refractivity contribution is 6.07. The molecule has 0 saturated heterocycles. The predicted molar refractivity (Wildman–Crippen MR) is 158 cm³/mol. The standard InChI is InChI=1S/C33H33N5O4/c1-5-6-22-11-12-26(30(39)36-25-17-33(18-25)15-24(16-33)31(40)41-3)29-27(22)19-35-38(29)20(2)21-7-9-23(10-8-21)28-13-14-34-32(37-28)42-4/h7-14,19-20,24-25H,15-18H2,1-4H3,(H,36,39)/t20-,24?,25?,33?/m0/s1. The lowest BCUT2D eigenvalue weighted by Crippen LogP contribution is -2.57. The summed E-state index contributed by atoms with van der Waals surface area (Å²) in [6.07, 6.45) is 6.92. The van der Waals surface area contributed by atoms with Gasteiger partial charge in [0.1, 0.15) is 0 Å². The number of aromatic nitrogens is 4. The van der Waals surface area contributed by atoms with E-state index in [4.69, 9.17) is 14.6 Å². The van der Waals surface area contributed by atoms with Crippen molar-refractivity contribution in [1.82, 2.24) is 25.1 Å². The highest BCUT2D eigenvalue weighted by Crippen LogP contribution is 2.59. The van der Waals surface area contributed by atoms with Gasteiger partial charge in [-0.3, -0.25) is 14.3 Å². The number of rotatable bonds is 7. The Hall–Kier alpha value is -4.71. The number of carbonyl (C=O) groups excluding carboxylic acids is 2. The molecule has 42 heavy (non-hydrogen) atoms. The Morgan fingerprint density at radius 1 is 1.07 bits per heavy atom. The molecular weight excluding hydrogens is 530 g/mol. The molecule has 214 valence electrons. The number of benzene rings is 2. The maximum Gasteiger partial charge on any atom is 0.316 e. The molecule has 2 aliphatic carbocycles. The van der Waals surface area contributed by atoms with Crippen molar-refractivity contribution in [3.05, 3.63) is 71.5 Å². The molecule has 2 aliphatic rings. The molecule has 0 radical (unpaired) electrons. The number of fused-ring (bicyclic) bond motifs is 1. The minimum absolute atomic E-state index is 0.00723. The quantitative estimate of drug-likeness (QED) is 0.251. The summed E-state index contributed by atoms with van der Waals surface area (Å²) >= 11 is 0. The first-order valence-corrected chi connectivity index (χ1v) is 14.1. The number of esters is 1. The van der Waals surface area contributed by atoms with Crippen LogP contribution in [0.25, 0.3) is 22.2 Å². The van der Waals surface area contributed by atoms with Gasteiger partial charge in [0.25, 0.3) is 5.91 Å². The van der Waals surface area contributed by atoms with E-state index in [1.165, 1.54) is 7.11 Å². The molecule has 0 bridgehead atoms. The van der Waals surface area contributed by atoms with Crippen LogP contribution >= 0.6 is 0 Å². The first-order chi connectivity index (χ1) is 20.3. The first kappa shape index (κ1) is 27.5. The average Bonchev–Trinajstić information content (AvgIpc) is 3.43. The van der Waals surface area contributed by atoms with Crippen LogP contribution in [0.3, 0.4) is 0 Å². The van der Waals surface area contributed by atoms with Crippen molar-refractivity contribution in [3.8, 4) is 29.1 Å². The molecule has 1 atom stereocenters. The minimum atomic E-state index is -0.148. The Kier molecular flexibility index (Phi) is 7.15. The third kappa shape index (κ3) is 4.87. The van der Waals surface area contributed by atoms with Crippen LogP contribution in [0.5, 0.6) is 6.01 Å². The Labute approximate surface area is 244 Å². The van der Waals surface area contributed by atoms with Gasteiger partial charge < -0.3 is 14.8 Å². The maximum absolute atomic E-state index is 13.6. The number of amides is 1. The molecule has 0 unspecified atom stereocenters. The van der Waals surface area contributed by atoms with E-state index in [0.717, 1.165) is 59.0 Å². The van der Waals surface area contributed by atoms with E-state index in [0.29, 0.717) is 11.6 Å². The topological polar surface area (TPSA) is 108 Å². The monoisotopic (exact) mass is 563 g/mol. The molecule has 2 saturated carbocycles. The summed E-state index contributed by atoms with van der Waals surface area (Å²) in [5, 5.41) is 8.82. The van der Waals surface area contributed by atoms with Crippen LogP contribution < -0.4 is 10.1 Å². The molecular formula is C33H33N5O4. The zero-order valence-corrected chi connectivity index (χ0v) is 24.2. The number of methoxy groups -OCH3 is 2. The van der Waals surface area contributed by atoms with Crippen molar-refractivity contribution in [1.29, 1.82) is 0 Å². The molecule has 1 amide bonds. The van der Waals surface area contributed by atoms with Crippen molar-refractivity contribution < 1.29 is 19.1 Å². The molecule has 0 aliphatic heterocycles. The molecule has 1 N–H and O–H groups in total. The first-order valence-electron chi connectivity index (χ1n) is 14.1. The number of carbonyl (C=O) groups is 2. The summed E-state index contributed by atoms with van der Waals surface area (Å²) in [4.78, 5) is 34.0. The van der Waals surface area contributed by atoms with E-state index >= 15 is 0 Å². The molecule has 4 aromatic rings. The van der Waals surface area contributed by atoms with Crippen molar-refractivity contribution in [3.63, 3.8) is 0 Å². The lowest BCUT2D eigenvalue weighted by Gasteiger charge is -2.56. The lowest BCUT2D eigenvalue weighted by atomic mass is 9.50. The molecule has 2 fully saturated rings. The largest absolute Gasteiger partial charge is 0.469 e. The maximum atomic E-state index is 13.6. The molecule has 6 rings (SSSR count). The van der Waals surface area contributed by atoms with E-state index in [9.17, 15) is 9.59 Å². The van der Waals surface area contributed by atoms with Gasteiger partial charge in [-0.05, 0) is 68.7 Å². The smallest absolute Gasteiger partial charge is 0.316 e.